The van der Waals surface area contributed by atoms with E-state index < -0.39 is 0 Å². The van der Waals surface area contributed by atoms with Crippen LogP contribution in [0.3, 0.4) is 0 Å². The van der Waals surface area contributed by atoms with Gasteiger partial charge in [0, 0.05) is 18.3 Å². The Hall–Kier alpha value is -0.830. The fourth-order valence-corrected chi connectivity index (χ4v) is 3.31. The maximum Gasteiger partial charge on any atom is 0.302 e. The van der Waals surface area contributed by atoms with Crippen LogP contribution >= 0.6 is 0 Å². The highest BCUT2D eigenvalue weighted by molar-refractivity contribution is 5.65. The van der Waals surface area contributed by atoms with Gasteiger partial charge in [-0.2, -0.15) is 0 Å². The smallest absolute Gasteiger partial charge is 0.302 e. The Bertz CT molecular complexity index is 347. The molecule has 1 saturated heterocycles. The topological polar surface area (TPSA) is 35.5 Å². The standard InChI is InChI=1S/C14H22O3/c1-9-5-6-14(8-17-12(4)15)7-16-11(3)13(9)10(14)2/h5,10-11,13H,6-8H2,1-4H3/t10-,11-,13-,14-/m1/s1. The van der Waals surface area contributed by atoms with E-state index in [1.165, 1.54) is 12.5 Å². The molecular formula is C14H22O3. The zero-order chi connectivity index (χ0) is 12.6. The van der Waals surface area contributed by atoms with Crippen molar-refractivity contribution in [3.05, 3.63) is 11.6 Å². The SMILES string of the molecule is CC(=O)OC[C@]12CC=C(C)[C@H]([C@H]1C)[C@@H](C)OC2. The average Bonchev–Trinajstić information content (AvgIpc) is 2.26. The third-order valence-electron chi connectivity index (χ3n) is 4.56. The van der Waals surface area contributed by atoms with Crippen LogP contribution in [-0.2, 0) is 14.3 Å². The van der Waals surface area contributed by atoms with E-state index in [-0.39, 0.29) is 17.5 Å². The summed E-state index contributed by atoms with van der Waals surface area (Å²) >= 11 is 0. The van der Waals surface area contributed by atoms with Crippen molar-refractivity contribution in [2.45, 2.75) is 40.2 Å². The maximum absolute atomic E-state index is 11.0. The predicted molar refractivity (Wildman–Crippen MR) is 65.5 cm³/mol. The fraction of sp³-hybridized carbons (Fsp3) is 0.786. The van der Waals surface area contributed by atoms with Gasteiger partial charge in [0.05, 0.1) is 19.3 Å². The van der Waals surface area contributed by atoms with Gasteiger partial charge >= 0.3 is 5.97 Å². The second kappa shape index (κ2) is 4.45. The molecule has 0 spiro atoms. The number of esters is 1. The van der Waals surface area contributed by atoms with E-state index in [0.29, 0.717) is 25.0 Å². The molecule has 1 aliphatic carbocycles. The van der Waals surface area contributed by atoms with E-state index in [4.69, 9.17) is 9.47 Å². The summed E-state index contributed by atoms with van der Waals surface area (Å²) in [5.74, 6) is 0.775. The number of carbonyl (C=O) groups excluding carboxylic acids is 1. The van der Waals surface area contributed by atoms with Crippen LogP contribution < -0.4 is 0 Å². The Morgan fingerprint density at radius 3 is 2.94 bits per heavy atom. The summed E-state index contributed by atoms with van der Waals surface area (Å²) in [6.07, 6.45) is 3.52. The number of carbonyl (C=O) groups is 1. The minimum Gasteiger partial charge on any atom is -0.465 e. The first-order valence-electron chi connectivity index (χ1n) is 6.38. The van der Waals surface area contributed by atoms with Crippen LogP contribution in [0.2, 0.25) is 0 Å². The Morgan fingerprint density at radius 2 is 2.29 bits per heavy atom. The van der Waals surface area contributed by atoms with Crippen molar-refractivity contribution in [2.24, 2.45) is 17.3 Å². The lowest BCUT2D eigenvalue weighted by atomic mass is 9.60. The normalized spacial score (nSPS) is 40.7. The summed E-state index contributed by atoms with van der Waals surface area (Å²) in [6.45, 7) is 9.24. The highest BCUT2D eigenvalue weighted by Crippen LogP contribution is 2.49. The summed E-state index contributed by atoms with van der Waals surface area (Å²) in [6, 6.07) is 0. The summed E-state index contributed by atoms with van der Waals surface area (Å²) in [5.41, 5.74) is 1.41. The van der Waals surface area contributed by atoms with Crippen molar-refractivity contribution < 1.29 is 14.3 Å². The van der Waals surface area contributed by atoms with E-state index >= 15 is 0 Å². The third-order valence-corrected chi connectivity index (χ3v) is 4.56. The lowest BCUT2D eigenvalue weighted by molar-refractivity contribution is -0.165. The van der Waals surface area contributed by atoms with Gasteiger partial charge in [-0.15, -0.1) is 0 Å². The van der Waals surface area contributed by atoms with Gasteiger partial charge in [0.15, 0.2) is 0 Å². The van der Waals surface area contributed by atoms with E-state index in [1.54, 1.807) is 0 Å². The number of fused-ring (bicyclic) bond motifs is 2. The molecule has 17 heavy (non-hydrogen) atoms. The van der Waals surface area contributed by atoms with Crippen molar-refractivity contribution in [3.8, 4) is 0 Å². The molecule has 3 nitrogen and oxygen atoms in total. The van der Waals surface area contributed by atoms with Crippen LogP contribution in [-0.4, -0.2) is 25.3 Å². The van der Waals surface area contributed by atoms with E-state index in [9.17, 15) is 4.79 Å². The zero-order valence-corrected chi connectivity index (χ0v) is 11.2. The Balaban J connectivity index is 2.21. The van der Waals surface area contributed by atoms with Crippen molar-refractivity contribution >= 4 is 5.97 Å². The molecule has 0 radical (unpaired) electrons. The Morgan fingerprint density at radius 1 is 1.59 bits per heavy atom. The first-order valence-corrected chi connectivity index (χ1v) is 6.38. The van der Waals surface area contributed by atoms with Gasteiger partial charge in [-0.25, -0.2) is 0 Å². The second-order valence-electron chi connectivity index (χ2n) is 5.63. The van der Waals surface area contributed by atoms with Gasteiger partial charge in [0.25, 0.3) is 0 Å². The first-order chi connectivity index (χ1) is 7.96. The van der Waals surface area contributed by atoms with Gasteiger partial charge in [-0.1, -0.05) is 18.6 Å². The molecule has 0 unspecified atom stereocenters. The molecule has 0 aromatic heterocycles. The minimum atomic E-state index is -0.201. The molecule has 2 aliphatic rings. The molecular weight excluding hydrogens is 216 g/mol. The van der Waals surface area contributed by atoms with E-state index in [0.717, 1.165) is 6.42 Å². The molecule has 96 valence electrons. The monoisotopic (exact) mass is 238 g/mol. The Labute approximate surface area is 103 Å². The number of hydrogen-bond acceptors (Lipinski definition) is 3. The van der Waals surface area contributed by atoms with Gasteiger partial charge in [0.1, 0.15) is 0 Å². The number of hydrogen-bond donors (Lipinski definition) is 0. The predicted octanol–water partition coefficient (Wildman–Crippen LogP) is 2.56. The first kappa shape index (κ1) is 12.6. The number of ether oxygens (including phenoxy) is 2. The molecule has 2 bridgehead atoms. The van der Waals surface area contributed by atoms with Crippen LogP contribution in [0.1, 0.15) is 34.1 Å². The van der Waals surface area contributed by atoms with Gasteiger partial charge in [-0.05, 0) is 26.2 Å². The summed E-state index contributed by atoms with van der Waals surface area (Å²) < 4.78 is 11.1. The highest BCUT2D eigenvalue weighted by atomic mass is 16.5. The molecule has 3 heteroatoms. The molecule has 0 aromatic carbocycles. The third kappa shape index (κ3) is 2.13. The van der Waals surface area contributed by atoms with E-state index in [1.807, 2.05) is 0 Å². The van der Waals surface area contributed by atoms with Crippen molar-refractivity contribution in [2.75, 3.05) is 13.2 Å². The molecule has 1 aliphatic heterocycles. The maximum atomic E-state index is 11.0. The summed E-state index contributed by atoms with van der Waals surface area (Å²) in [4.78, 5) is 11.0. The number of allylic oxidation sites excluding steroid dienone is 1. The molecule has 0 aromatic rings. The zero-order valence-electron chi connectivity index (χ0n) is 11.2. The van der Waals surface area contributed by atoms with Gasteiger partial charge in [-0.3, -0.25) is 4.79 Å². The molecule has 1 fully saturated rings. The second-order valence-corrected chi connectivity index (χ2v) is 5.63. The Kier molecular flexibility index (Phi) is 3.30. The van der Waals surface area contributed by atoms with Crippen LogP contribution in [0.5, 0.6) is 0 Å². The molecule has 0 amide bonds. The van der Waals surface area contributed by atoms with Crippen molar-refractivity contribution in [3.63, 3.8) is 0 Å². The summed E-state index contributed by atoms with van der Waals surface area (Å²) in [5, 5.41) is 0. The molecule has 1 heterocycles. The quantitative estimate of drug-likeness (QED) is 0.548. The summed E-state index contributed by atoms with van der Waals surface area (Å²) in [7, 11) is 0. The average molecular weight is 238 g/mol. The highest BCUT2D eigenvalue weighted by Gasteiger charge is 2.49. The van der Waals surface area contributed by atoms with Crippen LogP contribution in [0, 0.1) is 17.3 Å². The fourth-order valence-electron chi connectivity index (χ4n) is 3.31. The van der Waals surface area contributed by atoms with Gasteiger partial charge < -0.3 is 9.47 Å². The van der Waals surface area contributed by atoms with Crippen molar-refractivity contribution in [1.82, 2.24) is 0 Å². The van der Waals surface area contributed by atoms with Crippen LogP contribution in [0.25, 0.3) is 0 Å². The van der Waals surface area contributed by atoms with E-state index in [2.05, 4.69) is 26.8 Å². The molecule has 2 rings (SSSR count). The minimum absolute atomic E-state index is 0.0116. The van der Waals surface area contributed by atoms with Crippen LogP contribution in [0.4, 0.5) is 0 Å². The van der Waals surface area contributed by atoms with Crippen molar-refractivity contribution in [1.29, 1.82) is 0 Å². The largest absolute Gasteiger partial charge is 0.465 e. The van der Waals surface area contributed by atoms with Gasteiger partial charge in [0.2, 0.25) is 0 Å². The lowest BCUT2D eigenvalue weighted by Crippen LogP contribution is -2.52. The molecule has 0 saturated carbocycles. The molecule has 0 N–H and O–H groups in total. The van der Waals surface area contributed by atoms with Crippen LogP contribution in [0.15, 0.2) is 11.6 Å². The lowest BCUT2D eigenvalue weighted by Gasteiger charge is -2.51. The molecule has 4 atom stereocenters. The number of rotatable bonds is 2.